The Morgan fingerprint density at radius 2 is 1.56 bits per heavy atom. The number of hydrogen-bond donors (Lipinski definition) is 0. The fourth-order valence-electron chi connectivity index (χ4n) is 3.14. The first-order valence-corrected chi connectivity index (χ1v) is 12.7. The van der Waals surface area contributed by atoms with E-state index in [-0.39, 0.29) is 17.3 Å². The summed E-state index contributed by atoms with van der Waals surface area (Å²) in [6.45, 7) is 1.82. The van der Waals surface area contributed by atoms with Gasteiger partial charge < -0.3 is 9.64 Å². The number of carbonyl (C=O) groups is 1. The summed E-state index contributed by atoms with van der Waals surface area (Å²) in [5.41, 5.74) is 0.996. The van der Waals surface area contributed by atoms with E-state index >= 15 is 0 Å². The van der Waals surface area contributed by atoms with Gasteiger partial charge in [-0.25, -0.2) is 8.42 Å². The molecule has 3 aromatic carbocycles. The monoisotopic (exact) mass is 470 g/mol. The van der Waals surface area contributed by atoms with Crippen LogP contribution in [-0.4, -0.2) is 40.8 Å². The summed E-state index contributed by atoms with van der Waals surface area (Å²) in [5.74, 6) is 0.0290. The molecule has 0 bridgehead atoms. The Labute approximate surface area is 193 Å². The lowest BCUT2D eigenvalue weighted by molar-refractivity contribution is -0.116. The number of amides is 1. The van der Waals surface area contributed by atoms with E-state index in [1.807, 2.05) is 31.4 Å². The number of likely N-dealkylation sites (N-methyl/N-ethyl adjacent to an activating group) is 1. The third kappa shape index (κ3) is 5.26. The molecule has 0 aromatic heterocycles. The molecule has 3 aromatic rings. The lowest BCUT2D eigenvalue weighted by atomic mass is 10.2. The summed E-state index contributed by atoms with van der Waals surface area (Å²) in [7, 11) is -2.40. The molecule has 0 aliphatic carbocycles. The highest BCUT2D eigenvalue weighted by atomic mass is 32.2. The van der Waals surface area contributed by atoms with Gasteiger partial charge in [-0.05, 0) is 61.7 Å². The van der Waals surface area contributed by atoms with Gasteiger partial charge in [-0.15, -0.1) is 11.8 Å². The highest BCUT2D eigenvalue weighted by Crippen LogP contribution is 2.33. The molecule has 0 unspecified atom stereocenters. The van der Waals surface area contributed by atoms with Crippen LogP contribution in [0.5, 0.6) is 5.75 Å². The van der Waals surface area contributed by atoms with Gasteiger partial charge in [0.15, 0.2) is 0 Å². The fraction of sp³-hybridized carbons (Fsp3) is 0.208. The number of hydrogen-bond acceptors (Lipinski definition) is 5. The molecular formula is C24H26N2O4S2. The zero-order valence-corrected chi connectivity index (χ0v) is 19.9. The maximum Gasteiger partial charge on any atom is 0.264 e. The standard InChI is InChI=1S/C24H26N2O4S2/c1-4-30-23-13-9-8-12-22(23)26(18-24(27)25(2)19-10-6-5-7-11-19)32(28,29)21-16-14-20(31-3)15-17-21/h5-17H,4,18H2,1-3H3. The summed E-state index contributed by atoms with van der Waals surface area (Å²) in [5, 5.41) is 0. The zero-order chi connectivity index (χ0) is 23.1. The summed E-state index contributed by atoms with van der Waals surface area (Å²) < 4.78 is 34.1. The van der Waals surface area contributed by atoms with Gasteiger partial charge in [-0.1, -0.05) is 30.3 Å². The molecule has 0 aliphatic rings. The number of rotatable bonds is 9. The van der Waals surface area contributed by atoms with E-state index in [4.69, 9.17) is 4.74 Å². The van der Waals surface area contributed by atoms with Crippen LogP contribution in [0.3, 0.4) is 0 Å². The van der Waals surface area contributed by atoms with Crippen molar-refractivity contribution >= 4 is 39.1 Å². The van der Waals surface area contributed by atoms with E-state index in [2.05, 4.69) is 0 Å². The van der Waals surface area contributed by atoms with E-state index in [0.717, 1.165) is 9.20 Å². The number of sulfonamides is 1. The molecule has 0 N–H and O–H groups in total. The molecule has 0 fully saturated rings. The molecule has 168 valence electrons. The highest BCUT2D eigenvalue weighted by Gasteiger charge is 2.30. The topological polar surface area (TPSA) is 66.9 Å². The van der Waals surface area contributed by atoms with Gasteiger partial charge in [0.25, 0.3) is 10.0 Å². The largest absolute Gasteiger partial charge is 0.492 e. The van der Waals surface area contributed by atoms with Gasteiger partial charge in [0, 0.05) is 17.6 Å². The van der Waals surface area contributed by atoms with Gasteiger partial charge in [0.05, 0.1) is 17.2 Å². The molecule has 32 heavy (non-hydrogen) atoms. The predicted molar refractivity (Wildman–Crippen MR) is 130 cm³/mol. The fourth-order valence-corrected chi connectivity index (χ4v) is 4.97. The Bertz CT molecular complexity index is 1150. The van der Waals surface area contributed by atoms with Crippen molar-refractivity contribution in [3.63, 3.8) is 0 Å². The van der Waals surface area contributed by atoms with Gasteiger partial charge >= 0.3 is 0 Å². The van der Waals surface area contributed by atoms with E-state index in [9.17, 15) is 13.2 Å². The van der Waals surface area contributed by atoms with Crippen LogP contribution in [0.2, 0.25) is 0 Å². The summed E-state index contributed by atoms with van der Waals surface area (Å²) in [6.07, 6.45) is 1.92. The minimum absolute atomic E-state index is 0.108. The van der Waals surface area contributed by atoms with Crippen LogP contribution < -0.4 is 13.9 Å². The van der Waals surface area contributed by atoms with Gasteiger partial charge in [-0.2, -0.15) is 0 Å². The Hall–Kier alpha value is -2.97. The van der Waals surface area contributed by atoms with Crippen molar-refractivity contribution in [3.8, 4) is 5.75 Å². The van der Waals surface area contributed by atoms with E-state index in [1.165, 1.54) is 16.7 Å². The second kappa shape index (κ2) is 10.6. The summed E-state index contributed by atoms with van der Waals surface area (Å²) >= 11 is 1.52. The van der Waals surface area contributed by atoms with Crippen LogP contribution in [0, 0.1) is 0 Å². The number of ether oxygens (including phenoxy) is 1. The van der Waals surface area contributed by atoms with Crippen molar-refractivity contribution in [1.29, 1.82) is 0 Å². The number of thioether (sulfide) groups is 1. The van der Waals surface area contributed by atoms with Crippen LogP contribution in [0.25, 0.3) is 0 Å². The molecule has 6 nitrogen and oxygen atoms in total. The smallest absolute Gasteiger partial charge is 0.264 e. The molecule has 0 radical (unpaired) electrons. The van der Waals surface area contributed by atoms with E-state index < -0.39 is 10.0 Å². The molecule has 0 spiro atoms. The highest BCUT2D eigenvalue weighted by molar-refractivity contribution is 7.98. The van der Waals surface area contributed by atoms with Gasteiger partial charge in [-0.3, -0.25) is 9.10 Å². The van der Waals surface area contributed by atoms with Gasteiger partial charge in [0.2, 0.25) is 5.91 Å². The number of anilines is 2. The van der Waals surface area contributed by atoms with Crippen LogP contribution in [0.15, 0.2) is 88.7 Å². The van der Waals surface area contributed by atoms with Gasteiger partial charge in [0.1, 0.15) is 12.3 Å². The normalized spacial score (nSPS) is 11.1. The lowest BCUT2D eigenvalue weighted by Gasteiger charge is -2.28. The molecule has 0 atom stereocenters. The molecule has 0 saturated carbocycles. The Kier molecular flexibility index (Phi) is 7.82. The van der Waals surface area contributed by atoms with Crippen LogP contribution in [0.4, 0.5) is 11.4 Å². The first-order valence-electron chi connectivity index (χ1n) is 10.1. The van der Waals surface area contributed by atoms with E-state index in [1.54, 1.807) is 67.7 Å². The maximum absolute atomic E-state index is 13.7. The van der Waals surface area contributed by atoms with Crippen LogP contribution in [-0.2, 0) is 14.8 Å². The summed E-state index contributed by atoms with van der Waals surface area (Å²) in [4.78, 5) is 15.7. The third-order valence-electron chi connectivity index (χ3n) is 4.88. The molecule has 0 saturated heterocycles. The third-order valence-corrected chi connectivity index (χ3v) is 7.40. The number of carbonyl (C=O) groups excluding carboxylic acids is 1. The van der Waals surface area contributed by atoms with Crippen molar-refractivity contribution in [1.82, 2.24) is 0 Å². The second-order valence-electron chi connectivity index (χ2n) is 6.88. The van der Waals surface area contributed by atoms with Crippen LogP contribution in [0.1, 0.15) is 6.92 Å². The molecule has 8 heteroatoms. The minimum atomic E-state index is -4.03. The average molecular weight is 471 g/mol. The first-order chi connectivity index (χ1) is 15.4. The minimum Gasteiger partial charge on any atom is -0.492 e. The van der Waals surface area contributed by atoms with Crippen molar-refractivity contribution in [2.24, 2.45) is 0 Å². The van der Waals surface area contributed by atoms with Crippen molar-refractivity contribution in [2.75, 3.05) is 35.7 Å². The number of nitrogens with zero attached hydrogens (tertiary/aromatic N) is 2. The Morgan fingerprint density at radius 1 is 0.938 bits per heavy atom. The van der Waals surface area contributed by atoms with Crippen molar-refractivity contribution in [2.45, 2.75) is 16.7 Å². The molecule has 0 heterocycles. The van der Waals surface area contributed by atoms with Crippen molar-refractivity contribution < 1.29 is 17.9 Å². The SMILES string of the molecule is CCOc1ccccc1N(CC(=O)N(C)c1ccccc1)S(=O)(=O)c1ccc(SC)cc1. The molecule has 0 aliphatic heterocycles. The second-order valence-corrected chi connectivity index (χ2v) is 9.62. The molecule has 3 rings (SSSR count). The Morgan fingerprint density at radius 3 is 2.19 bits per heavy atom. The Balaban J connectivity index is 2.04. The quantitative estimate of drug-likeness (QED) is 0.425. The predicted octanol–water partition coefficient (Wildman–Crippen LogP) is 4.67. The first kappa shape index (κ1) is 23.7. The van der Waals surface area contributed by atoms with E-state index in [0.29, 0.717) is 23.7 Å². The number of para-hydroxylation sites is 3. The molecule has 1 amide bonds. The summed E-state index contributed by atoms with van der Waals surface area (Å²) in [6, 6.07) is 22.6. The zero-order valence-electron chi connectivity index (χ0n) is 18.3. The maximum atomic E-state index is 13.7. The lowest BCUT2D eigenvalue weighted by Crippen LogP contribution is -2.42. The molecular weight excluding hydrogens is 444 g/mol. The van der Waals surface area contributed by atoms with Crippen molar-refractivity contribution in [3.05, 3.63) is 78.9 Å². The average Bonchev–Trinajstić information content (AvgIpc) is 2.83. The van der Waals surface area contributed by atoms with Crippen LogP contribution >= 0.6 is 11.8 Å². The number of benzene rings is 3.